The van der Waals surface area contributed by atoms with Gasteiger partial charge < -0.3 is 30.2 Å². The van der Waals surface area contributed by atoms with Gasteiger partial charge in [0.25, 0.3) is 5.91 Å². The van der Waals surface area contributed by atoms with Gasteiger partial charge in [-0.05, 0) is 57.4 Å². The number of anilines is 1. The topological polar surface area (TPSA) is 136 Å². The van der Waals surface area contributed by atoms with Gasteiger partial charge in [0.1, 0.15) is 11.4 Å². The quantitative estimate of drug-likeness (QED) is 0.249. The molecule has 1 aromatic heterocycles. The molecule has 0 atom stereocenters. The van der Waals surface area contributed by atoms with Gasteiger partial charge in [-0.15, -0.1) is 11.6 Å². The summed E-state index contributed by atoms with van der Waals surface area (Å²) in [6.45, 7) is 2.71. The molecule has 3 aromatic rings. The van der Waals surface area contributed by atoms with Crippen LogP contribution in [0, 0.1) is 10.1 Å². The molecule has 1 amide bonds. The van der Waals surface area contributed by atoms with Crippen LogP contribution in [-0.4, -0.2) is 85.5 Å². The number of para-hydroxylation sites is 1. The van der Waals surface area contributed by atoms with Crippen molar-refractivity contribution in [3.63, 3.8) is 0 Å². The van der Waals surface area contributed by atoms with Crippen LogP contribution in [0.4, 0.5) is 11.4 Å². The Morgan fingerprint density at radius 1 is 1.05 bits per heavy atom. The number of carbonyl (C=O) groups excluding carboxylic acids is 1. The summed E-state index contributed by atoms with van der Waals surface area (Å²) in [6, 6.07) is 14.3. The smallest absolute Gasteiger partial charge is 0.357 e. The van der Waals surface area contributed by atoms with Crippen molar-refractivity contribution in [2.24, 2.45) is 0 Å². The van der Waals surface area contributed by atoms with E-state index in [0.717, 1.165) is 6.54 Å². The summed E-state index contributed by atoms with van der Waals surface area (Å²) in [4.78, 5) is 43.6. The standard InChI is InChI=1S/C26H31N5O5.CH3Cl.H3N/c1-27(2)13-6-14-30-22-8-5-4-7-21(22)23(24(26(30)33)31(34)35)28-15-17-29(18-16-28)25(32)19-9-11-20(36-3)12-10-19;1-2;/h4-5,7-12H,6,13-18H2,1-3H3;1H3;1H3. The van der Waals surface area contributed by atoms with Crippen LogP contribution in [0.3, 0.4) is 0 Å². The highest BCUT2D eigenvalue weighted by molar-refractivity contribution is 6.15. The second-order valence-corrected chi connectivity index (χ2v) is 9.09. The number of carbonyl (C=O) groups is 1. The number of piperazine rings is 1. The van der Waals surface area contributed by atoms with Gasteiger partial charge in [0, 0.05) is 50.1 Å². The number of hydrogen-bond acceptors (Lipinski definition) is 8. The number of hydrogen-bond donors (Lipinski definition) is 1. The van der Waals surface area contributed by atoms with Gasteiger partial charge >= 0.3 is 11.2 Å². The minimum absolute atomic E-state index is 0. The molecule has 39 heavy (non-hydrogen) atoms. The number of aryl methyl sites for hydroxylation is 1. The molecule has 1 saturated heterocycles. The van der Waals surface area contributed by atoms with Gasteiger partial charge in [-0.2, -0.15) is 0 Å². The van der Waals surface area contributed by atoms with E-state index in [1.165, 1.54) is 11.0 Å². The van der Waals surface area contributed by atoms with Crippen molar-refractivity contribution in [3.8, 4) is 5.75 Å². The van der Waals surface area contributed by atoms with Crippen molar-refractivity contribution in [2.75, 3.05) is 65.2 Å². The molecule has 0 unspecified atom stereocenters. The lowest BCUT2D eigenvalue weighted by Gasteiger charge is -2.36. The Morgan fingerprint density at radius 3 is 2.23 bits per heavy atom. The zero-order chi connectivity index (χ0) is 27.8. The van der Waals surface area contributed by atoms with E-state index in [1.807, 2.05) is 48.2 Å². The van der Waals surface area contributed by atoms with Crippen molar-refractivity contribution in [1.82, 2.24) is 20.5 Å². The number of alkyl halides is 1. The number of pyridine rings is 1. The molecule has 1 aliphatic rings. The first-order chi connectivity index (χ1) is 18.3. The number of amides is 1. The number of ether oxygens (including phenoxy) is 1. The average molecular weight is 561 g/mol. The lowest BCUT2D eigenvalue weighted by Crippen LogP contribution is -2.49. The molecule has 0 bridgehead atoms. The Bertz CT molecular complexity index is 1320. The fourth-order valence-electron chi connectivity index (χ4n) is 4.68. The number of benzene rings is 2. The van der Waals surface area contributed by atoms with Crippen LogP contribution in [0.25, 0.3) is 10.9 Å². The first kappa shape index (κ1) is 31.5. The summed E-state index contributed by atoms with van der Waals surface area (Å²) in [5.41, 5.74) is 0.568. The van der Waals surface area contributed by atoms with Crippen molar-refractivity contribution in [2.45, 2.75) is 13.0 Å². The van der Waals surface area contributed by atoms with Gasteiger partial charge in [-0.1, -0.05) is 18.2 Å². The van der Waals surface area contributed by atoms with Crippen molar-refractivity contribution >= 4 is 39.8 Å². The molecule has 0 spiro atoms. The molecule has 2 aromatic carbocycles. The van der Waals surface area contributed by atoms with E-state index in [4.69, 9.17) is 4.74 Å². The number of rotatable bonds is 8. The van der Waals surface area contributed by atoms with Crippen molar-refractivity contribution in [1.29, 1.82) is 0 Å². The van der Waals surface area contributed by atoms with Crippen LogP contribution in [0.15, 0.2) is 53.3 Å². The summed E-state index contributed by atoms with van der Waals surface area (Å²) < 4.78 is 6.67. The van der Waals surface area contributed by atoms with E-state index in [0.29, 0.717) is 67.0 Å². The number of nitro groups is 1. The lowest BCUT2D eigenvalue weighted by molar-refractivity contribution is -0.385. The van der Waals surface area contributed by atoms with E-state index < -0.39 is 16.2 Å². The molecule has 0 aliphatic carbocycles. The third kappa shape index (κ3) is 7.05. The van der Waals surface area contributed by atoms with Crippen LogP contribution in [0.5, 0.6) is 5.75 Å². The van der Waals surface area contributed by atoms with Gasteiger partial charge in [0.15, 0.2) is 0 Å². The molecule has 0 radical (unpaired) electrons. The summed E-state index contributed by atoms with van der Waals surface area (Å²) >= 11 is 4.64. The number of aromatic nitrogens is 1. The maximum Gasteiger partial charge on any atom is 0.357 e. The zero-order valence-corrected chi connectivity index (χ0v) is 23.7. The number of halogens is 1. The highest BCUT2D eigenvalue weighted by atomic mass is 35.5. The lowest BCUT2D eigenvalue weighted by atomic mass is 10.1. The second kappa shape index (κ2) is 14.5. The third-order valence-corrected chi connectivity index (χ3v) is 6.51. The molecule has 0 saturated carbocycles. The van der Waals surface area contributed by atoms with Crippen LogP contribution in [-0.2, 0) is 6.54 Å². The molecule has 12 heteroatoms. The molecule has 212 valence electrons. The van der Waals surface area contributed by atoms with Gasteiger partial charge in [-0.25, -0.2) is 0 Å². The fraction of sp³-hybridized carbons (Fsp3) is 0.407. The molecule has 3 N–H and O–H groups in total. The van der Waals surface area contributed by atoms with E-state index in [-0.39, 0.29) is 12.1 Å². The summed E-state index contributed by atoms with van der Waals surface area (Å²) in [5, 5.41) is 12.8. The Hall–Kier alpha value is -3.67. The van der Waals surface area contributed by atoms with Gasteiger partial charge in [-0.3, -0.25) is 19.7 Å². The molecule has 4 rings (SSSR count). The van der Waals surface area contributed by atoms with Crippen LogP contribution >= 0.6 is 11.6 Å². The zero-order valence-electron chi connectivity index (χ0n) is 22.9. The van der Waals surface area contributed by atoms with E-state index >= 15 is 0 Å². The molecule has 1 aliphatic heterocycles. The maximum atomic E-state index is 13.4. The second-order valence-electron chi connectivity index (χ2n) is 9.09. The van der Waals surface area contributed by atoms with Crippen molar-refractivity contribution < 1.29 is 14.5 Å². The number of methoxy groups -OCH3 is 1. The SMILES string of the molecule is CCl.COc1ccc(C(=O)N2CCN(c3c([N+](=O)[O-])c(=O)n(CCCN(C)C)c4ccccc34)CC2)cc1.N. The summed E-state index contributed by atoms with van der Waals surface area (Å²) in [6.07, 6.45) is 2.17. The maximum absolute atomic E-state index is 13.4. The summed E-state index contributed by atoms with van der Waals surface area (Å²) in [5.74, 6) is 0.569. The first-order valence-corrected chi connectivity index (χ1v) is 13.1. The predicted octanol–water partition coefficient (Wildman–Crippen LogP) is 3.85. The minimum atomic E-state index is -0.593. The fourth-order valence-corrected chi connectivity index (χ4v) is 4.68. The van der Waals surface area contributed by atoms with E-state index in [2.05, 4.69) is 11.6 Å². The number of fused-ring (bicyclic) bond motifs is 1. The third-order valence-electron chi connectivity index (χ3n) is 6.51. The Morgan fingerprint density at radius 2 is 1.67 bits per heavy atom. The molecule has 2 heterocycles. The minimum Gasteiger partial charge on any atom is -0.497 e. The Balaban J connectivity index is 0.00000174. The van der Waals surface area contributed by atoms with Crippen LogP contribution in [0.2, 0.25) is 0 Å². The molecule has 1 fully saturated rings. The average Bonchev–Trinajstić information content (AvgIpc) is 2.94. The normalized spacial score (nSPS) is 13.0. The van der Waals surface area contributed by atoms with E-state index in [9.17, 15) is 19.7 Å². The van der Waals surface area contributed by atoms with Crippen LogP contribution < -0.4 is 21.3 Å². The molecule has 11 nitrogen and oxygen atoms in total. The van der Waals surface area contributed by atoms with Gasteiger partial charge in [0.05, 0.1) is 17.5 Å². The Kier molecular flexibility index (Phi) is 11.7. The summed E-state index contributed by atoms with van der Waals surface area (Å²) in [7, 11) is 5.47. The molecular weight excluding hydrogens is 524 g/mol. The monoisotopic (exact) mass is 560 g/mol. The van der Waals surface area contributed by atoms with Crippen LogP contribution in [0.1, 0.15) is 16.8 Å². The van der Waals surface area contributed by atoms with Crippen molar-refractivity contribution in [3.05, 3.63) is 74.6 Å². The largest absolute Gasteiger partial charge is 0.497 e. The molecular formula is C27H37ClN6O5. The highest BCUT2D eigenvalue weighted by Crippen LogP contribution is 2.34. The highest BCUT2D eigenvalue weighted by Gasteiger charge is 2.32. The first-order valence-electron chi connectivity index (χ1n) is 12.3. The number of nitrogens with zero attached hydrogens (tertiary/aromatic N) is 5. The van der Waals surface area contributed by atoms with E-state index in [1.54, 1.807) is 36.3 Å². The Labute approximate surface area is 233 Å². The predicted molar refractivity (Wildman–Crippen MR) is 156 cm³/mol. The van der Waals surface area contributed by atoms with Gasteiger partial charge in [0.2, 0.25) is 0 Å².